The molecule has 2 N–H and O–H groups in total. The Balaban J connectivity index is 1.46. The first-order chi connectivity index (χ1) is 21.1. The number of nitrogens with zero attached hydrogens (tertiary/aromatic N) is 5. The lowest BCUT2D eigenvalue weighted by atomic mass is 9.95. The quantitative estimate of drug-likeness (QED) is 0.380. The lowest BCUT2D eigenvalue weighted by Gasteiger charge is -2.49. The highest BCUT2D eigenvalue weighted by Crippen LogP contribution is 2.52. The Morgan fingerprint density at radius 1 is 1.21 bits per heavy atom. The molecule has 7 rings (SSSR count). The number of hydrogen-bond donors (Lipinski definition) is 2. The molecule has 2 aromatic heterocycles. The summed E-state index contributed by atoms with van der Waals surface area (Å²) in [6.07, 6.45) is 0.414. The number of likely N-dealkylation sites (N-methyl/N-ethyl adjacent to an activating group) is 1. The van der Waals surface area contributed by atoms with Crippen molar-refractivity contribution in [2.75, 3.05) is 49.9 Å². The molecular formula is C27H26Cl2FN7O2. The van der Waals surface area contributed by atoms with E-state index in [1.807, 2.05) is 11.8 Å². The van der Waals surface area contributed by atoms with Crippen molar-refractivity contribution in [2.45, 2.75) is 25.1 Å². The Kier molecular flexibility index (Phi) is 4.34. The van der Waals surface area contributed by atoms with Gasteiger partial charge in [0.05, 0.1) is 29.0 Å². The van der Waals surface area contributed by atoms with Gasteiger partial charge in [0, 0.05) is 60.8 Å². The number of carbonyl (C=O) groups is 1. The lowest BCUT2D eigenvalue weighted by molar-refractivity contribution is -0.121. The Labute approximate surface area is 242 Å². The van der Waals surface area contributed by atoms with E-state index in [2.05, 4.69) is 20.5 Å². The van der Waals surface area contributed by atoms with E-state index in [1.165, 1.54) is 11.1 Å². The van der Waals surface area contributed by atoms with Crippen LogP contribution in [0.15, 0.2) is 24.4 Å². The number of piperazine rings is 1. The molecule has 9 nitrogen and oxygen atoms in total. The molecule has 0 bridgehead atoms. The minimum Gasteiger partial charge on any atom is -0.470 e. The third kappa shape index (κ3) is 3.69. The van der Waals surface area contributed by atoms with Gasteiger partial charge in [-0.3, -0.25) is 9.89 Å². The molecule has 0 unspecified atom stereocenters. The summed E-state index contributed by atoms with van der Waals surface area (Å²) in [5.74, 6) is -1.20. The van der Waals surface area contributed by atoms with E-state index in [-0.39, 0.29) is 45.5 Å². The Morgan fingerprint density at radius 2 is 2.05 bits per heavy atom. The van der Waals surface area contributed by atoms with Gasteiger partial charge < -0.3 is 24.8 Å². The number of nitrogens with one attached hydrogen (secondary N) is 2. The van der Waals surface area contributed by atoms with Gasteiger partial charge in [-0.2, -0.15) is 5.10 Å². The third-order valence-electron chi connectivity index (χ3n) is 7.58. The smallest absolute Gasteiger partial charge is 0.251 e. The second-order valence-corrected chi connectivity index (χ2v) is 10.9. The molecule has 4 aromatic rings. The molecule has 0 aliphatic carbocycles. The number of amides is 1. The zero-order valence-corrected chi connectivity index (χ0v) is 22.1. The maximum Gasteiger partial charge on any atom is 0.251 e. The molecule has 1 amide bonds. The summed E-state index contributed by atoms with van der Waals surface area (Å²) in [6, 6.07) is 4.23. The fourth-order valence-electron chi connectivity index (χ4n) is 5.92. The van der Waals surface area contributed by atoms with Crippen LogP contribution in [-0.2, 0) is 4.79 Å². The molecule has 1 fully saturated rings. The monoisotopic (exact) mass is 575 g/mol. The predicted molar refractivity (Wildman–Crippen MR) is 151 cm³/mol. The van der Waals surface area contributed by atoms with Gasteiger partial charge in [-0.15, -0.1) is 0 Å². The number of aromatic nitrogens is 3. The number of anilines is 2. The Hall–Kier alpha value is -3.18. The maximum atomic E-state index is 16.9. The van der Waals surface area contributed by atoms with Gasteiger partial charge in [0.1, 0.15) is 23.3 Å². The molecule has 202 valence electrons. The number of H-pyrrole nitrogens is 1. The van der Waals surface area contributed by atoms with E-state index in [4.69, 9.17) is 36.2 Å². The summed E-state index contributed by atoms with van der Waals surface area (Å²) in [6.45, 7) is -3.99. The van der Waals surface area contributed by atoms with Crippen molar-refractivity contribution < 1.29 is 22.1 Å². The van der Waals surface area contributed by atoms with Gasteiger partial charge in [-0.25, -0.2) is 9.37 Å². The second-order valence-electron chi connectivity index (χ2n) is 10.1. The highest BCUT2D eigenvalue weighted by molar-refractivity contribution is 6.39. The van der Waals surface area contributed by atoms with Crippen LogP contribution in [0, 0.1) is 5.82 Å². The molecule has 12 heteroatoms. The fraction of sp³-hybridized carbons (Fsp3) is 0.370. The lowest BCUT2D eigenvalue weighted by Crippen LogP contribution is -2.66. The number of ether oxygens (including phenoxy) is 1. The average Bonchev–Trinajstić information content (AvgIpc) is 3.43. The van der Waals surface area contributed by atoms with Crippen LogP contribution in [0.5, 0.6) is 5.88 Å². The van der Waals surface area contributed by atoms with E-state index in [0.29, 0.717) is 51.2 Å². The standard InChI is InChI=1S/C27H26Cl2FN7O2/c1-12-9-36-19(8-31-12)27(38)37-11-13(10-35(2)3)39-26-25(37)24(36)14-6-17(29)21(22(30)23(14)33-26)20-15-7-32-34-18(15)5-4-16(20)28/h4-7,12-13,19,31H,8-11H2,1-3H3,(H,32,34)/t12-,13-,19-/m1/s1/i2D3,3D3. The van der Waals surface area contributed by atoms with Crippen molar-refractivity contribution in [2.24, 2.45) is 0 Å². The summed E-state index contributed by atoms with van der Waals surface area (Å²) < 4.78 is 69.8. The van der Waals surface area contributed by atoms with Crippen LogP contribution in [0.25, 0.3) is 32.9 Å². The topological polar surface area (TPSA) is 89.6 Å². The van der Waals surface area contributed by atoms with Crippen molar-refractivity contribution in [3.63, 3.8) is 0 Å². The number of pyridine rings is 1. The van der Waals surface area contributed by atoms with Crippen molar-refractivity contribution in [1.82, 2.24) is 25.4 Å². The first-order valence-corrected chi connectivity index (χ1v) is 13.1. The van der Waals surface area contributed by atoms with E-state index >= 15 is 4.39 Å². The first-order valence-electron chi connectivity index (χ1n) is 15.4. The molecule has 3 aliphatic rings. The molecule has 39 heavy (non-hydrogen) atoms. The van der Waals surface area contributed by atoms with E-state index in [1.54, 1.807) is 18.2 Å². The predicted octanol–water partition coefficient (Wildman–Crippen LogP) is 4.06. The zero-order chi connectivity index (χ0) is 32.2. The molecule has 0 spiro atoms. The molecule has 1 saturated heterocycles. The summed E-state index contributed by atoms with van der Waals surface area (Å²) in [5.41, 5.74) is 1.61. The number of fused-ring (bicyclic) bond motifs is 5. The number of carbonyl (C=O) groups excluding carboxylic acids is 1. The van der Waals surface area contributed by atoms with Crippen molar-refractivity contribution in [3.05, 3.63) is 40.3 Å². The first kappa shape index (κ1) is 19.0. The van der Waals surface area contributed by atoms with Gasteiger partial charge in [-0.05, 0) is 39.1 Å². The Morgan fingerprint density at radius 3 is 2.87 bits per heavy atom. The number of benzene rings is 2. The number of rotatable bonds is 3. The number of aromatic amines is 1. The highest BCUT2D eigenvalue weighted by Gasteiger charge is 2.47. The van der Waals surface area contributed by atoms with Crippen LogP contribution in [0.2, 0.25) is 10.0 Å². The molecule has 0 radical (unpaired) electrons. The Bertz CT molecular complexity index is 1870. The van der Waals surface area contributed by atoms with Crippen LogP contribution in [-0.4, -0.2) is 84.3 Å². The third-order valence-corrected chi connectivity index (χ3v) is 8.19. The van der Waals surface area contributed by atoms with Crippen molar-refractivity contribution in [3.8, 4) is 17.0 Å². The molecule has 5 heterocycles. The van der Waals surface area contributed by atoms with Crippen molar-refractivity contribution in [1.29, 1.82) is 0 Å². The zero-order valence-electron chi connectivity index (χ0n) is 26.6. The van der Waals surface area contributed by atoms with Gasteiger partial charge in [-0.1, -0.05) is 23.2 Å². The average molecular weight is 576 g/mol. The maximum absolute atomic E-state index is 16.9. The molecule has 0 saturated carbocycles. The van der Waals surface area contributed by atoms with Gasteiger partial charge in [0.15, 0.2) is 5.82 Å². The van der Waals surface area contributed by atoms with Crippen LogP contribution >= 0.6 is 23.2 Å². The van der Waals surface area contributed by atoms with E-state index in [9.17, 15) is 4.79 Å². The second kappa shape index (κ2) is 8.92. The van der Waals surface area contributed by atoms with Crippen LogP contribution in [0.1, 0.15) is 15.1 Å². The summed E-state index contributed by atoms with van der Waals surface area (Å²) in [5, 5.41) is 11.4. The van der Waals surface area contributed by atoms with Gasteiger partial charge in [0.25, 0.3) is 5.91 Å². The van der Waals surface area contributed by atoms with Crippen LogP contribution in [0.4, 0.5) is 15.8 Å². The van der Waals surface area contributed by atoms with Crippen LogP contribution < -0.4 is 19.9 Å². The molecule has 3 atom stereocenters. The fourth-order valence-corrected chi connectivity index (χ4v) is 6.46. The normalized spacial score (nSPS) is 25.4. The molecular weight excluding hydrogens is 544 g/mol. The van der Waals surface area contributed by atoms with Gasteiger partial charge >= 0.3 is 0 Å². The number of hydrogen-bond acceptors (Lipinski definition) is 7. The minimum atomic E-state index is -2.98. The SMILES string of the molecule is [2H]C([2H])([2H])N(C[C@@H]1CN2C(=O)[C@H]3CN[C@H](C)CN3c3c2c(nc2c(F)c(-c4c(Cl)ccc5[nH]ncc45)c(Cl)cc32)O1)C([2H])([2H])[2H]. The molecule has 3 aliphatic heterocycles. The summed E-state index contributed by atoms with van der Waals surface area (Å²) in [4.78, 5) is 22.2. The van der Waals surface area contributed by atoms with E-state index in [0.717, 1.165) is 0 Å². The largest absolute Gasteiger partial charge is 0.470 e. The van der Waals surface area contributed by atoms with Crippen LogP contribution in [0.3, 0.4) is 0 Å². The number of halogens is 3. The minimum absolute atomic E-state index is 0.00174. The van der Waals surface area contributed by atoms with E-state index < -0.39 is 38.5 Å². The molecule has 2 aromatic carbocycles. The highest BCUT2D eigenvalue weighted by atomic mass is 35.5. The van der Waals surface area contributed by atoms with Crippen molar-refractivity contribution >= 4 is 62.3 Å². The van der Waals surface area contributed by atoms with Gasteiger partial charge in [0.2, 0.25) is 5.88 Å². The summed E-state index contributed by atoms with van der Waals surface area (Å²) in [7, 11) is 0. The summed E-state index contributed by atoms with van der Waals surface area (Å²) >= 11 is 13.4.